The molecule has 1 amide bonds. The van der Waals surface area contributed by atoms with Crippen LogP contribution in [0.3, 0.4) is 0 Å². The molecule has 0 aliphatic carbocycles. The highest BCUT2D eigenvalue weighted by atomic mass is 31.2. The highest BCUT2D eigenvalue weighted by Gasteiger charge is 2.45. The van der Waals surface area contributed by atoms with Crippen LogP contribution < -0.4 is 14.8 Å². The summed E-state index contributed by atoms with van der Waals surface area (Å²) >= 11 is 0. The molecule has 14 nitrogen and oxygen atoms in total. The lowest BCUT2D eigenvalue weighted by Crippen LogP contribution is -2.39. The van der Waals surface area contributed by atoms with Crippen LogP contribution in [0, 0.1) is 11.3 Å². The minimum Gasteiger partial charge on any atom is -0.497 e. The number of rotatable bonds is 20. The number of methoxy groups -OCH3 is 2. The van der Waals surface area contributed by atoms with Gasteiger partial charge in [-0.3, -0.25) is 9.36 Å². The Hall–Kier alpha value is -6.04. The minimum atomic E-state index is -1.65. The minimum absolute atomic E-state index is 0.0803. The van der Waals surface area contributed by atoms with E-state index in [4.69, 9.17) is 33.3 Å². The summed E-state index contributed by atoms with van der Waals surface area (Å²) in [6, 6.07) is 37.1. The zero-order chi connectivity index (χ0) is 45.1. The molecule has 0 saturated carbocycles. The molecule has 2 aromatic heterocycles. The van der Waals surface area contributed by atoms with Crippen LogP contribution in [0.25, 0.3) is 11.2 Å². The number of aromatic nitrogens is 4. The van der Waals surface area contributed by atoms with Gasteiger partial charge in [0.1, 0.15) is 35.8 Å². The van der Waals surface area contributed by atoms with Crippen molar-refractivity contribution in [3.8, 4) is 17.6 Å². The summed E-state index contributed by atoms with van der Waals surface area (Å²) in [7, 11) is 1.63. The maximum atomic E-state index is 13.2. The molecule has 6 aromatic rings. The first-order chi connectivity index (χ1) is 31.2. The lowest BCUT2D eigenvalue weighted by molar-refractivity contribution is -0.0911. The summed E-state index contributed by atoms with van der Waals surface area (Å²) in [5.74, 6) is 1.39. The number of fused-ring (bicyclic) bond motifs is 1. The molecule has 4 atom stereocenters. The van der Waals surface area contributed by atoms with E-state index in [0.29, 0.717) is 34.6 Å². The molecule has 7 rings (SSSR count). The lowest BCUT2D eigenvalue weighted by Gasteiger charge is -2.39. The van der Waals surface area contributed by atoms with Crippen LogP contribution in [0.2, 0.25) is 0 Å². The van der Waals surface area contributed by atoms with Crippen LogP contribution in [-0.2, 0) is 24.1 Å². The highest BCUT2D eigenvalue weighted by molar-refractivity contribution is 7.44. The third-order valence-electron chi connectivity index (χ3n) is 10.9. The van der Waals surface area contributed by atoms with Gasteiger partial charge in [0.05, 0.1) is 52.4 Å². The Bertz CT molecular complexity index is 2440. The van der Waals surface area contributed by atoms with Crippen molar-refractivity contribution in [2.45, 2.75) is 76.7 Å². The fourth-order valence-electron chi connectivity index (χ4n) is 7.89. The zero-order valence-electron chi connectivity index (χ0n) is 36.9. The van der Waals surface area contributed by atoms with Gasteiger partial charge in [-0.25, -0.2) is 19.6 Å². The largest absolute Gasteiger partial charge is 0.497 e. The second-order valence-corrected chi connectivity index (χ2v) is 17.0. The molecule has 1 fully saturated rings. The summed E-state index contributed by atoms with van der Waals surface area (Å²) in [4.78, 5) is 26.9. The van der Waals surface area contributed by atoms with Crippen molar-refractivity contribution in [3.63, 3.8) is 0 Å². The van der Waals surface area contributed by atoms with E-state index in [-0.39, 0.29) is 43.4 Å². The molecule has 0 bridgehead atoms. The Balaban J connectivity index is 1.28. The molecule has 1 N–H and O–H groups in total. The number of nitriles is 1. The fourth-order valence-corrected chi connectivity index (χ4v) is 9.61. The number of ether oxygens (including phenoxy) is 4. The average molecular weight is 884 g/mol. The quantitative estimate of drug-likeness (QED) is 0.0441. The van der Waals surface area contributed by atoms with Gasteiger partial charge < -0.3 is 33.3 Å². The van der Waals surface area contributed by atoms with E-state index in [2.05, 4.69) is 70.8 Å². The number of carbonyl (C=O) groups is 1. The number of carbonyl (C=O) groups excluding carboxylic acids is 1. The average Bonchev–Trinajstić information content (AvgIpc) is 3.94. The lowest BCUT2D eigenvalue weighted by atomic mass is 9.80. The van der Waals surface area contributed by atoms with Gasteiger partial charge in [-0.2, -0.15) is 5.26 Å². The fraction of sp³-hybridized carbons (Fsp3) is 0.327. The highest BCUT2D eigenvalue weighted by Crippen LogP contribution is 2.51. The van der Waals surface area contributed by atoms with Gasteiger partial charge >= 0.3 is 0 Å². The molecule has 64 heavy (non-hydrogen) atoms. The van der Waals surface area contributed by atoms with Gasteiger partial charge in [-0.15, -0.1) is 0 Å². The second-order valence-electron chi connectivity index (χ2n) is 15.6. The van der Waals surface area contributed by atoms with E-state index in [1.54, 1.807) is 50.9 Å². The van der Waals surface area contributed by atoms with Crippen LogP contribution in [0.5, 0.6) is 11.5 Å². The Kier molecular flexibility index (Phi) is 15.5. The van der Waals surface area contributed by atoms with E-state index in [9.17, 15) is 4.79 Å². The number of hydrogen-bond donors (Lipinski definition) is 1. The Morgan fingerprint density at radius 2 is 1.48 bits per heavy atom. The van der Waals surface area contributed by atoms with Crippen LogP contribution in [-0.4, -0.2) is 81.8 Å². The first kappa shape index (κ1) is 46.0. The number of amides is 1. The van der Waals surface area contributed by atoms with E-state index in [1.165, 1.54) is 6.33 Å². The van der Waals surface area contributed by atoms with Crippen LogP contribution >= 0.6 is 8.53 Å². The van der Waals surface area contributed by atoms with Gasteiger partial charge in [-0.05, 0) is 80.8 Å². The molecule has 1 unspecified atom stereocenters. The van der Waals surface area contributed by atoms with Gasteiger partial charge in [0.25, 0.3) is 14.4 Å². The SMILES string of the molecule is COc1ccc(C(OC[C@H]2O[C@@H](n3cnc4c(NC(=O)c5ccccc5)ncnc43)C[C@@H]2OP(OC/C=C/CC#N)N(C(C)C)C(C)C)(c2ccccc2)c2ccc(OC)cc2)cc1. The summed E-state index contributed by atoms with van der Waals surface area (Å²) in [5.41, 5.74) is 2.91. The van der Waals surface area contributed by atoms with Crippen molar-refractivity contribution in [1.82, 2.24) is 24.2 Å². The van der Waals surface area contributed by atoms with Crippen molar-refractivity contribution < 1.29 is 32.8 Å². The van der Waals surface area contributed by atoms with Crippen molar-refractivity contribution in [2.75, 3.05) is 32.8 Å². The van der Waals surface area contributed by atoms with Gasteiger partial charge in [0.15, 0.2) is 17.0 Å². The summed E-state index contributed by atoms with van der Waals surface area (Å²) < 4.78 is 43.3. The first-order valence-electron chi connectivity index (χ1n) is 21.2. The van der Waals surface area contributed by atoms with Gasteiger partial charge in [0.2, 0.25) is 0 Å². The van der Waals surface area contributed by atoms with Crippen molar-refractivity contribution >= 4 is 31.4 Å². The summed E-state index contributed by atoms with van der Waals surface area (Å²) in [5, 5.41) is 12.0. The van der Waals surface area contributed by atoms with Crippen molar-refractivity contribution in [1.29, 1.82) is 5.26 Å². The molecule has 1 aliphatic heterocycles. The topological polar surface area (TPSA) is 155 Å². The number of nitrogens with one attached hydrogen (secondary N) is 1. The second kappa shape index (κ2) is 21.6. The third-order valence-corrected chi connectivity index (χ3v) is 13.0. The molecular formula is C49H54N7O7P. The van der Waals surface area contributed by atoms with E-state index in [0.717, 1.165) is 16.7 Å². The number of allylic oxidation sites excluding steroid dienone is 1. The van der Waals surface area contributed by atoms with Gasteiger partial charge in [0, 0.05) is 24.1 Å². The maximum absolute atomic E-state index is 13.2. The maximum Gasteiger partial charge on any atom is 0.259 e. The first-order valence-corrected chi connectivity index (χ1v) is 22.4. The van der Waals surface area contributed by atoms with Crippen molar-refractivity contribution in [3.05, 3.63) is 156 Å². The number of imidazole rings is 1. The summed E-state index contributed by atoms with van der Waals surface area (Å²) in [6.45, 7) is 8.81. The summed E-state index contributed by atoms with van der Waals surface area (Å²) in [6.07, 6.45) is 5.57. The number of anilines is 1. The third kappa shape index (κ3) is 10.3. The zero-order valence-corrected chi connectivity index (χ0v) is 37.8. The predicted molar refractivity (Wildman–Crippen MR) is 246 cm³/mol. The number of benzene rings is 4. The van der Waals surface area contributed by atoms with E-state index in [1.807, 2.05) is 83.4 Å². The number of hydrogen-bond acceptors (Lipinski definition) is 12. The van der Waals surface area contributed by atoms with Crippen LogP contribution in [0.4, 0.5) is 5.82 Å². The predicted octanol–water partition coefficient (Wildman–Crippen LogP) is 9.61. The van der Waals surface area contributed by atoms with Crippen LogP contribution in [0.15, 0.2) is 134 Å². The molecule has 0 radical (unpaired) electrons. The molecular weight excluding hydrogens is 830 g/mol. The normalized spacial score (nSPS) is 17.0. The monoisotopic (exact) mass is 883 g/mol. The Morgan fingerprint density at radius 3 is 2.08 bits per heavy atom. The van der Waals surface area contributed by atoms with Gasteiger partial charge in [-0.1, -0.05) is 84.9 Å². The molecule has 0 spiro atoms. The molecule has 332 valence electrons. The van der Waals surface area contributed by atoms with Crippen molar-refractivity contribution in [2.24, 2.45) is 0 Å². The molecule has 1 aliphatic rings. The molecule has 15 heteroatoms. The standard InChI is InChI=1S/C49H54N7O7P/c1-34(2)56(35(3)4)64(61-29-15-9-14-28-50)63-42-30-44(55-33-53-45-46(51-32-52-47(45)55)54-48(57)36-16-10-7-11-17-36)62-43(42)31-60-49(37-18-12-8-13-19-37,38-20-24-40(58-5)25-21-38)39-22-26-41(59-6)27-23-39/h7-13,15-27,32-35,42-44H,14,29-31H2,1-6H3,(H,51,52,54,57)/b15-9+/t42-,43+,44+,64?/m0/s1. The molecule has 4 aromatic carbocycles. The molecule has 1 saturated heterocycles. The smallest absolute Gasteiger partial charge is 0.259 e. The van der Waals surface area contributed by atoms with E-state index < -0.39 is 32.6 Å². The van der Waals surface area contributed by atoms with E-state index >= 15 is 0 Å². The Morgan fingerprint density at radius 1 is 0.875 bits per heavy atom. The Labute approximate surface area is 375 Å². The number of nitrogens with zero attached hydrogens (tertiary/aromatic N) is 6. The molecule has 3 heterocycles. The van der Waals surface area contributed by atoms with Crippen LogP contribution in [0.1, 0.15) is 73.8 Å².